The van der Waals surface area contributed by atoms with Gasteiger partial charge in [0.2, 0.25) is 0 Å². The van der Waals surface area contributed by atoms with E-state index in [2.05, 4.69) is 0 Å². The summed E-state index contributed by atoms with van der Waals surface area (Å²) in [5, 5.41) is 0. The number of benzene rings is 1. The zero-order valence-corrected chi connectivity index (χ0v) is 10.6. The molecule has 1 aromatic rings. The van der Waals surface area contributed by atoms with Crippen molar-refractivity contribution in [3.05, 3.63) is 35.4 Å². The van der Waals surface area contributed by atoms with Crippen molar-refractivity contribution in [1.29, 1.82) is 0 Å². The van der Waals surface area contributed by atoms with Crippen molar-refractivity contribution in [2.75, 3.05) is 20.3 Å². The minimum Gasteiger partial charge on any atom is -0.381 e. The first-order chi connectivity index (χ1) is 8.83. The number of rotatable bonds is 6. The second-order valence-electron chi connectivity index (χ2n) is 4.37. The van der Waals surface area contributed by atoms with Crippen molar-refractivity contribution in [3.63, 3.8) is 0 Å². The molecule has 1 rings (SSSR count). The quantitative estimate of drug-likeness (QED) is 0.811. The molecule has 0 fully saturated rings. The molecule has 1 unspecified atom stereocenters. The van der Waals surface area contributed by atoms with Gasteiger partial charge in [-0.3, -0.25) is 0 Å². The van der Waals surface area contributed by atoms with Gasteiger partial charge >= 0.3 is 6.18 Å². The molecular weight excluding hydrogens is 262 g/mol. The monoisotopic (exact) mass is 279 g/mol. The van der Waals surface area contributed by atoms with Crippen molar-refractivity contribution in [3.8, 4) is 0 Å². The molecule has 0 aliphatic rings. The Morgan fingerprint density at radius 3 is 2.00 bits per heavy atom. The van der Waals surface area contributed by atoms with Gasteiger partial charge in [-0.15, -0.1) is 0 Å². The fraction of sp³-hybridized carbons (Fsp3) is 0.538. The van der Waals surface area contributed by atoms with Gasteiger partial charge < -0.3 is 10.5 Å². The minimum atomic E-state index is -4.42. The smallest absolute Gasteiger partial charge is 0.381 e. The van der Waals surface area contributed by atoms with Crippen LogP contribution in [0.3, 0.4) is 0 Å². The third-order valence-corrected chi connectivity index (χ3v) is 2.88. The average Bonchev–Trinajstić information content (AvgIpc) is 2.36. The summed E-state index contributed by atoms with van der Waals surface area (Å²) in [4.78, 5) is 0. The molecule has 0 radical (unpaired) electrons. The van der Waals surface area contributed by atoms with Crippen LogP contribution < -0.4 is 5.73 Å². The maximum Gasteiger partial charge on any atom is 0.416 e. The van der Waals surface area contributed by atoms with E-state index in [1.54, 1.807) is 0 Å². The van der Waals surface area contributed by atoms with Gasteiger partial charge in [0, 0.05) is 7.11 Å². The molecule has 1 aromatic carbocycles. The van der Waals surface area contributed by atoms with Crippen LogP contribution in [0, 0.1) is 0 Å². The van der Waals surface area contributed by atoms with Crippen molar-refractivity contribution in [1.82, 2.24) is 0 Å². The molecule has 0 spiro atoms. The van der Waals surface area contributed by atoms with Crippen LogP contribution in [-0.2, 0) is 16.6 Å². The number of methoxy groups -OCH3 is 1. The summed E-state index contributed by atoms with van der Waals surface area (Å²) in [6.07, 6.45) is -3.88. The van der Waals surface area contributed by atoms with Gasteiger partial charge in [0.25, 0.3) is 0 Å². The van der Waals surface area contributed by atoms with Crippen LogP contribution in [0.25, 0.3) is 0 Å². The van der Waals surface area contributed by atoms with E-state index in [1.165, 1.54) is 7.11 Å². The van der Waals surface area contributed by atoms with E-state index in [1.807, 2.05) is 0 Å². The van der Waals surface area contributed by atoms with Crippen LogP contribution in [0.4, 0.5) is 17.6 Å². The van der Waals surface area contributed by atoms with Gasteiger partial charge in [0.1, 0.15) is 0 Å². The highest BCUT2D eigenvalue weighted by atomic mass is 19.4. The first-order valence-corrected chi connectivity index (χ1v) is 5.89. The van der Waals surface area contributed by atoms with E-state index >= 15 is 0 Å². The first-order valence-electron chi connectivity index (χ1n) is 5.89. The third-order valence-electron chi connectivity index (χ3n) is 2.88. The van der Waals surface area contributed by atoms with E-state index in [0.29, 0.717) is 13.0 Å². The topological polar surface area (TPSA) is 35.2 Å². The van der Waals surface area contributed by atoms with Crippen molar-refractivity contribution in [2.24, 2.45) is 5.73 Å². The Morgan fingerprint density at radius 2 is 1.58 bits per heavy atom. The molecule has 6 heteroatoms. The van der Waals surface area contributed by atoms with Crippen molar-refractivity contribution < 1.29 is 22.3 Å². The molecule has 0 bridgehead atoms. The van der Waals surface area contributed by atoms with Gasteiger partial charge in [0.05, 0.1) is 12.2 Å². The lowest BCUT2D eigenvalue weighted by atomic mass is 9.91. The predicted octanol–water partition coefficient (Wildman–Crippen LogP) is 3.26. The summed E-state index contributed by atoms with van der Waals surface area (Å²) >= 11 is 0. The minimum absolute atomic E-state index is 0.114. The average molecular weight is 279 g/mol. The molecule has 108 valence electrons. The van der Waals surface area contributed by atoms with Gasteiger partial charge in [-0.05, 0) is 37.1 Å². The standard InChI is InChI=1S/C13H17F4NO/c1-19-9-12(14,7-2-8-18)10-3-5-11(6-4-10)13(15,16)17/h3-6H,2,7-9,18H2,1H3. The lowest BCUT2D eigenvalue weighted by Crippen LogP contribution is -2.27. The lowest BCUT2D eigenvalue weighted by Gasteiger charge is -2.25. The fourth-order valence-corrected chi connectivity index (χ4v) is 1.87. The predicted molar refractivity (Wildman–Crippen MR) is 64.4 cm³/mol. The molecule has 0 aliphatic heterocycles. The fourth-order valence-electron chi connectivity index (χ4n) is 1.87. The Kier molecular flexibility index (Phi) is 5.31. The second-order valence-corrected chi connectivity index (χ2v) is 4.37. The van der Waals surface area contributed by atoms with E-state index in [4.69, 9.17) is 10.5 Å². The van der Waals surface area contributed by atoms with Crippen LogP contribution in [-0.4, -0.2) is 20.3 Å². The Morgan fingerprint density at radius 1 is 1.05 bits per heavy atom. The van der Waals surface area contributed by atoms with E-state index in [0.717, 1.165) is 24.3 Å². The number of hydrogen-bond acceptors (Lipinski definition) is 2. The molecule has 2 nitrogen and oxygen atoms in total. The van der Waals surface area contributed by atoms with E-state index < -0.39 is 17.4 Å². The Balaban J connectivity index is 2.97. The molecule has 0 saturated carbocycles. The van der Waals surface area contributed by atoms with Crippen LogP contribution in [0.15, 0.2) is 24.3 Å². The normalized spacial score (nSPS) is 15.3. The number of hydrogen-bond donors (Lipinski definition) is 1. The summed E-state index contributed by atoms with van der Waals surface area (Å²) in [5.74, 6) is 0. The lowest BCUT2D eigenvalue weighted by molar-refractivity contribution is -0.137. The number of nitrogens with two attached hydrogens (primary N) is 1. The Labute approximate surface area is 109 Å². The molecule has 0 saturated heterocycles. The summed E-state index contributed by atoms with van der Waals surface area (Å²) in [7, 11) is 1.35. The van der Waals surface area contributed by atoms with Crippen LogP contribution in [0.5, 0.6) is 0 Å². The Bertz CT molecular complexity index is 391. The number of alkyl halides is 4. The largest absolute Gasteiger partial charge is 0.416 e. The van der Waals surface area contributed by atoms with Crippen molar-refractivity contribution in [2.45, 2.75) is 24.7 Å². The second kappa shape index (κ2) is 6.34. The van der Waals surface area contributed by atoms with Gasteiger partial charge in [0.15, 0.2) is 5.67 Å². The summed E-state index contributed by atoms with van der Waals surface area (Å²) in [5.41, 5.74) is 2.91. The maximum absolute atomic E-state index is 14.7. The zero-order valence-electron chi connectivity index (χ0n) is 10.6. The van der Waals surface area contributed by atoms with E-state index in [9.17, 15) is 17.6 Å². The molecule has 1 atom stereocenters. The van der Waals surface area contributed by atoms with Crippen LogP contribution >= 0.6 is 0 Å². The highest BCUT2D eigenvalue weighted by Crippen LogP contribution is 2.34. The van der Waals surface area contributed by atoms with E-state index in [-0.39, 0.29) is 18.6 Å². The van der Waals surface area contributed by atoms with Gasteiger partial charge in [-0.1, -0.05) is 12.1 Å². The molecule has 19 heavy (non-hydrogen) atoms. The van der Waals surface area contributed by atoms with Gasteiger partial charge in [-0.25, -0.2) is 4.39 Å². The summed E-state index contributed by atoms with van der Waals surface area (Å²) in [6.45, 7) is 0.106. The number of ether oxygens (including phenoxy) is 1. The first kappa shape index (κ1) is 15.9. The molecule has 2 N–H and O–H groups in total. The summed E-state index contributed by atoms with van der Waals surface area (Å²) < 4.78 is 56.8. The molecule has 0 aromatic heterocycles. The van der Waals surface area contributed by atoms with Gasteiger partial charge in [-0.2, -0.15) is 13.2 Å². The molecular formula is C13H17F4NO. The molecule has 0 aliphatic carbocycles. The molecule has 0 heterocycles. The van der Waals surface area contributed by atoms with Crippen LogP contribution in [0.2, 0.25) is 0 Å². The molecule has 0 amide bonds. The van der Waals surface area contributed by atoms with Crippen LogP contribution in [0.1, 0.15) is 24.0 Å². The third kappa shape index (κ3) is 4.18. The number of halogens is 4. The Hall–Kier alpha value is -1.14. The SMILES string of the molecule is COCC(F)(CCCN)c1ccc(C(F)(F)F)cc1. The maximum atomic E-state index is 14.7. The summed E-state index contributed by atoms with van der Waals surface area (Å²) in [6, 6.07) is 4.06. The van der Waals surface area contributed by atoms with Crippen molar-refractivity contribution >= 4 is 0 Å². The highest BCUT2D eigenvalue weighted by Gasteiger charge is 2.34. The zero-order chi connectivity index (χ0) is 14.5. The highest BCUT2D eigenvalue weighted by molar-refractivity contribution is 5.29.